The molecule has 1 aromatic rings. The molecular formula is C15H11BrN2O4S2. The Labute approximate surface area is 155 Å². The molecule has 1 saturated heterocycles. The van der Waals surface area contributed by atoms with Crippen LogP contribution < -0.4 is 4.90 Å². The summed E-state index contributed by atoms with van der Waals surface area (Å²) < 4.78 is 1.06. The number of amides is 2. The molecule has 0 bridgehead atoms. The first-order valence-electron chi connectivity index (χ1n) is 6.89. The number of carbonyl (C=O) groups is 3. The molecule has 6 nitrogen and oxygen atoms in total. The van der Waals surface area contributed by atoms with E-state index in [2.05, 4.69) is 15.9 Å². The lowest BCUT2D eigenvalue weighted by atomic mass is 10.1. The summed E-state index contributed by atoms with van der Waals surface area (Å²) in [6, 6.07) is 5.41. The van der Waals surface area contributed by atoms with Gasteiger partial charge in [0.05, 0.1) is 22.6 Å². The number of carboxylic acids is 1. The van der Waals surface area contributed by atoms with Crippen LogP contribution in [-0.2, 0) is 14.4 Å². The van der Waals surface area contributed by atoms with Gasteiger partial charge < -0.3 is 10.0 Å². The minimum Gasteiger partial charge on any atom is -0.481 e. The zero-order valence-corrected chi connectivity index (χ0v) is 15.6. The van der Waals surface area contributed by atoms with Crippen molar-refractivity contribution in [1.29, 1.82) is 0 Å². The smallest absolute Gasteiger partial charge is 0.305 e. The molecule has 9 heteroatoms. The molecule has 124 valence electrons. The standard InChI is InChI=1S/C15H11BrN2O4S2/c1-17-9-3-2-7(16)6-8(9)11(13(17)21)12-14(22)18(15(23)24-12)5-4-10(19)20/h2-3,6H,4-5H2,1H3,(H,19,20)/b12-11-. The van der Waals surface area contributed by atoms with Crippen LogP contribution in [0.2, 0.25) is 0 Å². The van der Waals surface area contributed by atoms with Crippen molar-refractivity contribution < 1.29 is 19.5 Å². The fourth-order valence-electron chi connectivity index (χ4n) is 2.56. The second-order valence-corrected chi connectivity index (χ2v) is 7.76. The third-order valence-corrected chi connectivity index (χ3v) is 5.67. The van der Waals surface area contributed by atoms with Crippen LogP contribution in [0.3, 0.4) is 0 Å². The lowest BCUT2D eigenvalue weighted by Gasteiger charge is -2.12. The van der Waals surface area contributed by atoms with E-state index in [4.69, 9.17) is 17.3 Å². The lowest BCUT2D eigenvalue weighted by molar-refractivity contribution is -0.137. The number of anilines is 1. The highest BCUT2D eigenvalue weighted by atomic mass is 79.9. The number of hydrogen-bond donors (Lipinski definition) is 1. The van der Waals surface area contributed by atoms with E-state index >= 15 is 0 Å². The van der Waals surface area contributed by atoms with Gasteiger partial charge in [0.15, 0.2) is 0 Å². The fourth-order valence-corrected chi connectivity index (χ4v) is 4.30. The molecule has 3 rings (SSSR count). The molecule has 2 heterocycles. The highest BCUT2D eigenvalue weighted by molar-refractivity contribution is 9.10. The van der Waals surface area contributed by atoms with Crippen LogP contribution in [-0.4, -0.2) is 45.7 Å². The number of benzene rings is 1. The molecule has 0 spiro atoms. The molecule has 0 saturated carbocycles. The van der Waals surface area contributed by atoms with Crippen LogP contribution in [0, 0.1) is 0 Å². The van der Waals surface area contributed by atoms with Crippen molar-refractivity contribution in [3.05, 3.63) is 33.1 Å². The summed E-state index contributed by atoms with van der Waals surface area (Å²) in [5.41, 5.74) is 1.69. The number of halogens is 1. The number of likely N-dealkylation sites (N-methyl/N-ethyl adjacent to an activating group) is 1. The molecule has 1 N–H and O–H groups in total. The average molecular weight is 427 g/mol. The van der Waals surface area contributed by atoms with Gasteiger partial charge in [0, 0.05) is 23.6 Å². The van der Waals surface area contributed by atoms with E-state index in [1.54, 1.807) is 19.2 Å². The Morgan fingerprint density at radius 2 is 2.04 bits per heavy atom. The predicted octanol–water partition coefficient (Wildman–Crippen LogP) is 2.47. The Balaban J connectivity index is 2.06. The summed E-state index contributed by atoms with van der Waals surface area (Å²) in [6.07, 6.45) is -0.203. The number of rotatable bonds is 3. The minimum atomic E-state index is -1.01. The second kappa shape index (κ2) is 6.30. The van der Waals surface area contributed by atoms with Crippen molar-refractivity contribution >= 4 is 73.3 Å². The quantitative estimate of drug-likeness (QED) is 0.590. The van der Waals surface area contributed by atoms with E-state index in [1.807, 2.05) is 6.07 Å². The molecule has 2 amide bonds. The number of fused-ring (bicyclic) bond motifs is 1. The molecule has 0 aliphatic carbocycles. The van der Waals surface area contributed by atoms with Crippen LogP contribution in [0.15, 0.2) is 27.6 Å². The number of carboxylic acid groups (broad SMARTS) is 1. The molecule has 2 aliphatic heterocycles. The highest BCUT2D eigenvalue weighted by Gasteiger charge is 2.41. The van der Waals surface area contributed by atoms with Crippen LogP contribution in [0.5, 0.6) is 0 Å². The molecule has 0 aromatic heterocycles. The Bertz CT molecular complexity index is 837. The van der Waals surface area contributed by atoms with Gasteiger partial charge in [0.1, 0.15) is 4.32 Å². The van der Waals surface area contributed by atoms with Gasteiger partial charge in [-0.2, -0.15) is 0 Å². The highest BCUT2D eigenvalue weighted by Crippen LogP contribution is 2.44. The Kier molecular flexibility index (Phi) is 4.50. The average Bonchev–Trinajstić information content (AvgIpc) is 2.92. The van der Waals surface area contributed by atoms with Gasteiger partial charge in [0.25, 0.3) is 11.8 Å². The number of thiocarbonyl (C=S) groups is 1. The molecule has 0 unspecified atom stereocenters. The van der Waals surface area contributed by atoms with Crippen LogP contribution in [0.4, 0.5) is 5.69 Å². The summed E-state index contributed by atoms with van der Waals surface area (Å²) in [4.78, 5) is 39.0. The van der Waals surface area contributed by atoms with Crippen LogP contribution in [0.25, 0.3) is 5.57 Å². The normalized spacial score (nSPS) is 20.2. The summed E-state index contributed by atoms with van der Waals surface area (Å²) in [5.74, 6) is -1.71. The summed E-state index contributed by atoms with van der Waals surface area (Å²) in [5, 5.41) is 8.80. The first-order valence-corrected chi connectivity index (χ1v) is 8.90. The molecular weight excluding hydrogens is 416 g/mol. The topological polar surface area (TPSA) is 77.9 Å². The van der Waals surface area contributed by atoms with E-state index < -0.39 is 11.9 Å². The fraction of sp³-hybridized carbons (Fsp3) is 0.200. The summed E-state index contributed by atoms with van der Waals surface area (Å²) in [7, 11) is 1.65. The Hall–Kier alpha value is -1.71. The molecule has 1 aromatic carbocycles. The van der Waals surface area contributed by atoms with Crippen LogP contribution in [0.1, 0.15) is 12.0 Å². The van der Waals surface area contributed by atoms with E-state index in [9.17, 15) is 14.4 Å². The Morgan fingerprint density at radius 1 is 1.33 bits per heavy atom. The Morgan fingerprint density at radius 3 is 2.71 bits per heavy atom. The number of aliphatic carboxylic acids is 1. The van der Waals surface area contributed by atoms with Crippen molar-refractivity contribution in [2.75, 3.05) is 18.5 Å². The van der Waals surface area contributed by atoms with Crippen molar-refractivity contribution in [2.45, 2.75) is 6.42 Å². The monoisotopic (exact) mass is 426 g/mol. The van der Waals surface area contributed by atoms with Gasteiger partial charge in [-0.05, 0) is 18.2 Å². The third kappa shape index (κ3) is 2.76. The number of carbonyl (C=O) groups excluding carboxylic acids is 2. The van der Waals surface area contributed by atoms with Crippen LogP contribution >= 0.6 is 39.9 Å². The maximum Gasteiger partial charge on any atom is 0.305 e. The maximum absolute atomic E-state index is 12.6. The van der Waals surface area contributed by atoms with Gasteiger partial charge >= 0.3 is 5.97 Å². The SMILES string of the molecule is CN1C(=O)/C(=C2\SC(=S)N(CCC(=O)O)C2=O)c2cc(Br)ccc21. The van der Waals surface area contributed by atoms with E-state index in [1.165, 1.54) is 9.80 Å². The molecule has 2 aliphatic rings. The van der Waals surface area contributed by atoms with E-state index in [0.717, 1.165) is 16.2 Å². The third-order valence-electron chi connectivity index (χ3n) is 3.73. The van der Waals surface area contributed by atoms with Gasteiger partial charge in [-0.1, -0.05) is 39.9 Å². The molecule has 0 radical (unpaired) electrons. The van der Waals surface area contributed by atoms with E-state index in [-0.39, 0.29) is 28.1 Å². The molecule has 1 fully saturated rings. The molecule has 24 heavy (non-hydrogen) atoms. The predicted molar refractivity (Wildman–Crippen MR) is 98.6 cm³/mol. The second-order valence-electron chi connectivity index (χ2n) is 5.20. The minimum absolute atomic E-state index is 0.00779. The number of thioether (sulfide) groups is 1. The maximum atomic E-state index is 12.6. The molecule has 0 atom stereocenters. The zero-order valence-electron chi connectivity index (χ0n) is 12.4. The van der Waals surface area contributed by atoms with Crippen molar-refractivity contribution in [3.8, 4) is 0 Å². The van der Waals surface area contributed by atoms with Gasteiger partial charge in [0.2, 0.25) is 0 Å². The van der Waals surface area contributed by atoms with Gasteiger partial charge in [-0.3, -0.25) is 19.3 Å². The van der Waals surface area contributed by atoms with E-state index in [0.29, 0.717) is 16.8 Å². The van der Waals surface area contributed by atoms with Gasteiger partial charge in [-0.15, -0.1) is 0 Å². The van der Waals surface area contributed by atoms with Gasteiger partial charge in [-0.25, -0.2) is 0 Å². The lowest BCUT2D eigenvalue weighted by Crippen LogP contribution is -2.30. The first-order chi connectivity index (χ1) is 11.3. The zero-order chi connectivity index (χ0) is 17.6. The largest absolute Gasteiger partial charge is 0.481 e. The summed E-state index contributed by atoms with van der Waals surface area (Å²) >= 11 is 9.59. The number of nitrogens with zero attached hydrogens (tertiary/aromatic N) is 2. The summed E-state index contributed by atoms with van der Waals surface area (Å²) in [6.45, 7) is -0.00779. The van der Waals surface area contributed by atoms with Crippen molar-refractivity contribution in [3.63, 3.8) is 0 Å². The van der Waals surface area contributed by atoms with Crippen molar-refractivity contribution in [1.82, 2.24) is 4.90 Å². The number of hydrogen-bond acceptors (Lipinski definition) is 5. The first kappa shape index (κ1) is 17.1. The van der Waals surface area contributed by atoms with Crippen molar-refractivity contribution in [2.24, 2.45) is 0 Å².